The maximum Gasteiger partial charge on any atom is 0.311 e. The van der Waals surface area contributed by atoms with Crippen molar-refractivity contribution in [2.24, 2.45) is 5.41 Å². The molecule has 0 N–H and O–H groups in total. The van der Waals surface area contributed by atoms with Crippen LogP contribution in [0.3, 0.4) is 0 Å². The van der Waals surface area contributed by atoms with Gasteiger partial charge < -0.3 is 9.64 Å². The first-order valence-electron chi connectivity index (χ1n) is 5.34. The van der Waals surface area contributed by atoms with Gasteiger partial charge >= 0.3 is 5.97 Å². The van der Waals surface area contributed by atoms with E-state index in [4.69, 9.17) is 4.74 Å². The fourth-order valence-corrected chi connectivity index (χ4v) is 0.949. The first kappa shape index (κ1) is 14.7. The van der Waals surface area contributed by atoms with Gasteiger partial charge in [0.2, 0.25) is 5.91 Å². The van der Waals surface area contributed by atoms with E-state index >= 15 is 0 Å². The number of amides is 1. The van der Waals surface area contributed by atoms with Crippen LogP contribution in [-0.2, 0) is 14.3 Å². The van der Waals surface area contributed by atoms with E-state index in [9.17, 15) is 9.59 Å². The van der Waals surface area contributed by atoms with Crippen LogP contribution < -0.4 is 0 Å². The zero-order valence-corrected chi connectivity index (χ0v) is 10.6. The van der Waals surface area contributed by atoms with Gasteiger partial charge in [0, 0.05) is 13.6 Å². The Morgan fingerprint density at radius 2 is 1.94 bits per heavy atom. The predicted molar refractivity (Wildman–Crippen MR) is 62.9 cm³/mol. The van der Waals surface area contributed by atoms with Crippen LogP contribution in [0.1, 0.15) is 27.2 Å². The molecule has 92 valence electrons. The Hall–Kier alpha value is -1.32. The molecule has 0 aromatic heterocycles. The van der Waals surface area contributed by atoms with Gasteiger partial charge in [0.25, 0.3) is 0 Å². The normalized spacial score (nSPS) is 10.8. The largest absolute Gasteiger partial charge is 0.465 e. The molecule has 0 atom stereocenters. The summed E-state index contributed by atoms with van der Waals surface area (Å²) in [6, 6.07) is 0. The van der Waals surface area contributed by atoms with E-state index in [1.54, 1.807) is 7.05 Å². The summed E-state index contributed by atoms with van der Waals surface area (Å²) >= 11 is 0. The summed E-state index contributed by atoms with van der Waals surface area (Å²) < 4.78 is 5.07. The molecule has 0 rings (SSSR count). The van der Waals surface area contributed by atoms with Gasteiger partial charge in [-0.2, -0.15) is 0 Å². The zero-order valence-electron chi connectivity index (χ0n) is 10.6. The van der Waals surface area contributed by atoms with Crippen LogP contribution in [0.5, 0.6) is 0 Å². The minimum absolute atomic E-state index is 0.123. The molecule has 0 aromatic rings. The average Bonchev–Trinajstić information content (AvgIpc) is 2.20. The van der Waals surface area contributed by atoms with E-state index in [-0.39, 0.29) is 11.9 Å². The van der Waals surface area contributed by atoms with Gasteiger partial charge in [-0.3, -0.25) is 9.59 Å². The maximum absolute atomic E-state index is 11.4. The van der Waals surface area contributed by atoms with Crippen molar-refractivity contribution >= 4 is 11.9 Å². The highest BCUT2D eigenvalue weighted by Crippen LogP contribution is 2.14. The van der Waals surface area contributed by atoms with Crippen molar-refractivity contribution in [2.45, 2.75) is 27.2 Å². The highest BCUT2D eigenvalue weighted by atomic mass is 16.5. The number of carbonyl (C=O) groups is 2. The number of hydrogen-bond donors (Lipinski definition) is 0. The lowest BCUT2D eigenvalue weighted by atomic mass is 9.97. The first-order valence-corrected chi connectivity index (χ1v) is 5.34. The second kappa shape index (κ2) is 6.30. The second-order valence-corrected chi connectivity index (χ2v) is 4.70. The Labute approximate surface area is 97.3 Å². The van der Waals surface area contributed by atoms with Crippen LogP contribution in [0.15, 0.2) is 12.7 Å². The standard InChI is InChI=1S/C12H21NO3/c1-6-10(14)13(5)8-7-9-16-11(15)12(2,3)4/h6H,1,7-9H2,2-5H3. The SMILES string of the molecule is C=CC(=O)N(C)CCCOC(=O)C(C)(C)C. The molecule has 4 heteroatoms. The Morgan fingerprint density at radius 3 is 2.38 bits per heavy atom. The molecule has 0 saturated heterocycles. The molecule has 0 bridgehead atoms. The predicted octanol–water partition coefficient (Wildman–Crippen LogP) is 1.61. The molecule has 0 fully saturated rings. The molecule has 0 aliphatic heterocycles. The molecule has 0 aromatic carbocycles. The molecule has 0 aliphatic carbocycles. The third-order valence-corrected chi connectivity index (χ3v) is 2.03. The molecule has 0 heterocycles. The van der Waals surface area contributed by atoms with E-state index in [2.05, 4.69) is 6.58 Å². The summed E-state index contributed by atoms with van der Waals surface area (Å²) in [6.07, 6.45) is 1.90. The molecule has 16 heavy (non-hydrogen) atoms. The van der Waals surface area contributed by atoms with E-state index in [1.807, 2.05) is 20.8 Å². The molecular formula is C12H21NO3. The lowest BCUT2D eigenvalue weighted by Crippen LogP contribution is -2.28. The van der Waals surface area contributed by atoms with Crippen LogP contribution in [0.2, 0.25) is 0 Å². The van der Waals surface area contributed by atoms with Crippen molar-refractivity contribution in [3.8, 4) is 0 Å². The van der Waals surface area contributed by atoms with E-state index in [0.717, 1.165) is 0 Å². The number of hydrogen-bond acceptors (Lipinski definition) is 3. The van der Waals surface area contributed by atoms with Crippen LogP contribution in [-0.4, -0.2) is 37.0 Å². The number of ether oxygens (including phenoxy) is 1. The van der Waals surface area contributed by atoms with Crippen molar-refractivity contribution in [2.75, 3.05) is 20.2 Å². The van der Waals surface area contributed by atoms with E-state index in [1.165, 1.54) is 11.0 Å². The monoisotopic (exact) mass is 227 g/mol. The first-order chi connectivity index (χ1) is 7.29. The average molecular weight is 227 g/mol. The Kier molecular flexibility index (Phi) is 5.78. The molecule has 0 saturated carbocycles. The van der Waals surface area contributed by atoms with Crippen LogP contribution >= 0.6 is 0 Å². The number of esters is 1. The molecule has 0 unspecified atom stereocenters. The topological polar surface area (TPSA) is 46.6 Å². The molecule has 0 radical (unpaired) electrons. The van der Waals surface area contributed by atoms with Gasteiger partial charge in [-0.1, -0.05) is 6.58 Å². The zero-order chi connectivity index (χ0) is 12.8. The third-order valence-electron chi connectivity index (χ3n) is 2.03. The lowest BCUT2D eigenvalue weighted by Gasteiger charge is -2.18. The molecule has 4 nitrogen and oxygen atoms in total. The van der Waals surface area contributed by atoms with Gasteiger partial charge in [-0.05, 0) is 33.3 Å². The fraction of sp³-hybridized carbons (Fsp3) is 0.667. The van der Waals surface area contributed by atoms with Crippen LogP contribution in [0.25, 0.3) is 0 Å². The van der Waals surface area contributed by atoms with Crippen molar-refractivity contribution in [1.82, 2.24) is 4.90 Å². The number of rotatable bonds is 5. The second-order valence-electron chi connectivity index (χ2n) is 4.70. The lowest BCUT2D eigenvalue weighted by molar-refractivity contribution is -0.153. The molecule has 1 amide bonds. The summed E-state index contributed by atoms with van der Waals surface area (Å²) in [6.45, 7) is 9.71. The molecule has 0 spiro atoms. The number of likely N-dealkylation sites (N-methyl/N-ethyl adjacent to an activating group) is 1. The maximum atomic E-state index is 11.4. The highest BCUT2D eigenvalue weighted by Gasteiger charge is 2.22. The Morgan fingerprint density at radius 1 is 1.38 bits per heavy atom. The number of nitrogens with zero attached hydrogens (tertiary/aromatic N) is 1. The fourth-order valence-electron chi connectivity index (χ4n) is 0.949. The van der Waals surface area contributed by atoms with Gasteiger partial charge in [-0.25, -0.2) is 0 Å². The van der Waals surface area contributed by atoms with Crippen molar-refractivity contribution in [1.29, 1.82) is 0 Å². The molecule has 0 aliphatic rings. The van der Waals surface area contributed by atoms with Crippen LogP contribution in [0, 0.1) is 5.41 Å². The van der Waals surface area contributed by atoms with E-state index in [0.29, 0.717) is 19.6 Å². The van der Waals surface area contributed by atoms with Gasteiger partial charge in [0.1, 0.15) is 0 Å². The Balaban J connectivity index is 3.73. The Bertz CT molecular complexity index is 266. The summed E-state index contributed by atoms with van der Waals surface area (Å²) in [4.78, 5) is 24.0. The summed E-state index contributed by atoms with van der Waals surface area (Å²) in [5.41, 5.74) is -0.469. The molecular weight excluding hydrogens is 206 g/mol. The van der Waals surface area contributed by atoms with Gasteiger partial charge in [-0.15, -0.1) is 0 Å². The van der Waals surface area contributed by atoms with Gasteiger partial charge in [0.15, 0.2) is 0 Å². The van der Waals surface area contributed by atoms with Crippen LogP contribution in [0.4, 0.5) is 0 Å². The third kappa shape index (κ3) is 5.53. The summed E-state index contributed by atoms with van der Waals surface area (Å²) in [7, 11) is 1.69. The highest BCUT2D eigenvalue weighted by molar-refractivity contribution is 5.86. The van der Waals surface area contributed by atoms with Gasteiger partial charge in [0.05, 0.1) is 12.0 Å². The van der Waals surface area contributed by atoms with E-state index < -0.39 is 5.41 Å². The minimum Gasteiger partial charge on any atom is -0.465 e. The van der Waals surface area contributed by atoms with Crippen molar-refractivity contribution < 1.29 is 14.3 Å². The van der Waals surface area contributed by atoms with Crippen molar-refractivity contribution in [3.05, 3.63) is 12.7 Å². The smallest absolute Gasteiger partial charge is 0.311 e. The van der Waals surface area contributed by atoms with Crippen molar-refractivity contribution in [3.63, 3.8) is 0 Å². The summed E-state index contributed by atoms with van der Waals surface area (Å²) in [5, 5.41) is 0. The number of carbonyl (C=O) groups excluding carboxylic acids is 2. The summed E-state index contributed by atoms with van der Waals surface area (Å²) in [5.74, 6) is -0.340. The quantitative estimate of drug-likeness (QED) is 0.407. The minimum atomic E-state index is -0.469.